The van der Waals surface area contributed by atoms with E-state index >= 15 is 0 Å². The SMILES string of the molecule is CCCCCCCCC(CCCCCC)CN(C=O)CC(CCCCCC)CCCCCCCC. The second-order valence-electron chi connectivity index (χ2n) is 11.6. The summed E-state index contributed by atoms with van der Waals surface area (Å²) in [5.41, 5.74) is 0. The van der Waals surface area contributed by atoms with E-state index in [4.69, 9.17) is 0 Å². The Morgan fingerprint density at radius 3 is 0.971 bits per heavy atom. The monoisotopic (exact) mass is 494 g/mol. The average molecular weight is 494 g/mol. The Bertz CT molecular complexity index is 376. The van der Waals surface area contributed by atoms with Crippen molar-refractivity contribution >= 4 is 6.41 Å². The number of unbranched alkanes of at least 4 members (excludes halogenated alkanes) is 16. The molecule has 0 aliphatic heterocycles. The Morgan fingerprint density at radius 2 is 0.686 bits per heavy atom. The van der Waals surface area contributed by atoms with E-state index in [1.165, 1.54) is 161 Å². The van der Waals surface area contributed by atoms with Crippen LogP contribution in [0.3, 0.4) is 0 Å². The minimum Gasteiger partial charge on any atom is -0.345 e. The molecular weight excluding hydrogens is 426 g/mol. The van der Waals surface area contributed by atoms with E-state index in [2.05, 4.69) is 32.6 Å². The maximum atomic E-state index is 12.2. The van der Waals surface area contributed by atoms with E-state index in [0.29, 0.717) is 11.8 Å². The molecule has 1 amide bonds. The molecule has 210 valence electrons. The molecule has 2 nitrogen and oxygen atoms in total. The summed E-state index contributed by atoms with van der Waals surface area (Å²) < 4.78 is 0. The van der Waals surface area contributed by atoms with Gasteiger partial charge in [-0.15, -0.1) is 0 Å². The molecule has 0 saturated carbocycles. The summed E-state index contributed by atoms with van der Waals surface area (Å²) in [4.78, 5) is 14.3. The van der Waals surface area contributed by atoms with Gasteiger partial charge in [-0.2, -0.15) is 0 Å². The molecule has 0 aliphatic carbocycles. The summed E-state index contributed by atoms with van der Waals surface area (Å²) in [5, 5.41) is 0. The van der Waals surface area contributed by atoms with E-state index in [0.717, 1.165) is 13.1 Å². The minimum absolute atomic E-state index is 0.706. The highest BCUT2D eigenvalue weighted by atomic mass is 16.1. The summed E-state index contributed by atoms with van der Waals surface area (Å²) in [6.07, 6.45) is 33.7. The van der Waals surface area contributed by atoms with E-state index < -0.39 is 0 Å². The average Bonchev–Trinajstić information content (AvgIpc) is 2.87. The van der Waals surface area contributed by atoms with E-state index in [1.807, 2.05) is 0 Å². The third-order valence-electron chi connectivity index (χ3n) is 8.00. The van der Waals surface area contributed by atoms with Gasteiger partial charge in [0.1, 0.15) is 0 Å². The largest absolute Gasteiger partial charge is 0.345 e. The first-order valence-corrected chi connectivity index (χ1v) is 16.4. The fraction of sp³-hybridized carbons (Fsp3) is 0.970. The van der Waals surface area contributed by atoms with Crippen LogP contribution in [-0.2, 0) is 4.79 Å². The predicted octanol–water partition coefficient (Wildman–Crippen LogP) is 11.1. The van der Waals surface area contributed by atoms with Crippen molar-refractivity contribution in [2.45, 2.75) is 182 Å². The Morgan fingerprint density at radius 1 is 0.429 bits per heavy atom. The lowest BCUT2D eigenvalue weighted by Gasteiger charge is -2.29. The van der Waals surface area contributed by atoms with Gasteiger partial charge < -0.3 is 4.90 Å². The highest BCUT2D eigenvalue weighted by Gasteiger charge is 2.17. The Kier molecular flexibility index (Phi) is 27.6. The molecule has 0 aromatic heterocycles. The van der Waals surface area contributed by atoms with Crippen LogP contribution in [0.1, 0.15) is 182 Å². The number of carbonyl (C=O) groups excluding carboxylic acids is 1. The van der Waals surface area contributed by atoms with Gasteiger partial charge in [0.2, 0.25) is 6.41 Å². The van der Waals surface area contributed by atoms with Crippen LogP contribution in [0.4, 0.5) is 0 Å². The number of rotatable bonds is 29. The van der Waals surface area contributed by atoms with Gasteiger partial charge in [0.15, 0.2) is 0 Å². The van der Waals surface area contributed by atoms with Crippen LogP contribution in [0.15, 0.2) is 0 Å². The van der Waals surface area contributed by atoms with Crippen LogP contribution < -0.4 is 0 Å². The molecule has 0 saturated heterocycles. The minimum atomic E-state index is 0.706. The predicted molar refractivity (Wildman–Crippen MR) is 158 cm³/mol. The summed E-state index contributed by atoms with van der Waals surface area (Å²) in [6.45, 7) is 11.2. The van der Waals surface area contributed by atoms with Crippen molar-refractivity contribution in [3.05, 3.63) is 0 Å². The number of carbonyl (C=O) groups is 1. The van der Waals surface area contributed by atoms with Gasteiger partial charge in [-0.25, -0.2) is 0 Å². The smallest absolute Gasteiger partial charge is 0.209 e. The van der Waals surface area contributed by atoms with E-state index in [-0.39, 0.29) is 0 Å². The third kappa shape index (κ3) is 23.6. The van der Waals surface area contributed by atoms with Gasteiger partial charge in [0.05, 0.1) is 0 Å². The summed E-state index contributed by atoms with van der Waals surface area (Å²) in [5.74, 6) is 1.41. The molecule has 2 unspecified atom stereocenters. The first-order valence-electron chi connectivity index (χ1n) is 16.4. The van der Waals surface area contributed by atoms with Crippen molar-refractivity contribution in [2.75, 3.05) is 13.1 Å². The maximum Gasteiger partial charge on any atom is 0.209 e. The highest BCUT2D eigenvalue weighted by molar-refractivity contribution is 5.47. The maximum absolute atomic E-state index is 12.2. The number of amides is 1. The molecule has 0 rings (SSSR count). The zero-order valence-corrected chi connectivity index (χ0v) is 25.0. The molecule has 0 aliphatic rings. The molecular formula is C33H67NO. The second-order valence-corrected chi connectivity index (χ2v) is 11.6. The van der Waals surface area contributed by atoms with Gasteiger partial charge in [-0.1, -0.05) is 156 Å². The Hall–Kier alpha value is -0.530. The lowest BCUT2D eigenvalue weighted by Crippen LogP contribution is -2.33. The zero-order chi connectivity index (χ0) is 25.8. The highest BCUT2D eigenvalue weighted by Crippen LogP contribution is 2.23. The van der Waals surface area contributed by atoms with Crippen LogP contribution in [0.2, 0.25) is 0 Å². The molecule has 2 atom stereocenters. The zero-order valence-electron chi connectivity index (χ0n) is 25.0. The Balaban J connectivity index is 4.71. The normalized spacial score (nSPS) is 13.1. The fourth-order valence-electron chi connectivity index (χ4n) is 5.62. The van der Waals surface area contributed by atoms with Gasteiger partial charge >= 0.3 is 0 Å². The van der Waals surface area contributed by atoms with Gasteiger partial charge in [-0.05, 0) is 37.5 Å². The topological polar surface area (TPSA) is 20.3 Å². The van der Waals surface area contributed by atoms with Crippen molar-refractivity contribution < 1.29 is 4.79 Å². The van der Waals surface area contributed by atoms with Crippen LogP contribution in [0, 0.1) is 11.8 Å². The molecule has 0 fully saturated rings. The number of hydrogen-bond donors (Lipinski definition) is 0. The fourth-order valence-corrected chi connectivity index (χ4v) is 5.62. The number of nitrogens with zero attached hydrogens (tertiary/aromatic N) is 1. The molecule has 0 radical (unpaired) electrons. The van der Waals surface area contributed by atoms with Crippen LogP contribution in [0.5, 0.6) is 0 Å². The molecule has 0 aromatic carbocycles. The quantitative estimate of drug-likeness (QED) is 0.0749. The van der Waals surface area contributed by atoms with E-state index in [9.17, 15) is 4.79 Å². The summed E-state index contributed by atoms with van der Waals surface area (Å²) in [6, 6.07) is 0. The first-order chi connectivity index (χ1) is 17.2. The Labute approximate surface area is 222 Å². The van der Waals surface area contributed by atoms with Crippen molar-refractivity contribution in [1.82, 2.24) is 4.90 Å². The summed E-state index contributed by atoms with van der Waals surface area (Å²) in [7, 11) is 0. The molecule has 0 heterocycles. The van der Waals surface area contributed by atoms with Crippen LogP contribution in [-0.4, -0.2) is 24.4 Å². The van der Waals surface area contributed by atoms with Crippen LogP contribution >= 0.6 is 0 Å². The van der Waals surface area contributed by atoms with Crippen LogP contribution in [0.25, 0.3) is 0 Å². The molecule has 0 N–H and O–H groups in total. The van der Waals surface area contributed by atoms with Gasteiger partial charge in [0, 0.05) is 13.1 Å². The molecule has 0 bridgehead atoms. The third-order valence-corrected chi connectivity index (χ3v) is 8.00. The lowest BCUT2D eigenvalue weighted by molar-refractivity contribution is -0.119. The van der Waals surface area contributed by atoms with Gasteiger partial charge in [-0.3, -0.25) is 4.79 Å². The van der Waals surface area contributed by atoms with E-state index in [1.54, 1.807) is 0 Å². The molecule has 0 spiro atoms. The summed E-state index contributed by atoms with van der Waals surface area (Å²) >= 11 is 0. The van der Waals surface area contributed by atoms with Crippen molar-refractivity contribution in [3.63, 3.8) is 0 Å². The molecule has 0 aromatic rings. The van der Waals surface area contributed by atoms with Crippen molar-refractivity contribution in [3.8, 4) is 0 Å². The second kappa shape index (κ2) is 28.0. The standard InChI is InChI=1S/C33H67NO/c1-5-9-13-17-19-23-27-32(25-21-15-11-7-3)29-34(31-35)30-33(26-22-16-12-8-4)28-24-20-18-14-10-6-2/h31-33H,5-30H2,1-4H3. The number of hydrogen-bond acceptors (Lipinski definition) is 1. The van der Waals surface area contributed by atoms with Crippen molar-refractivity contribution in [1.29, 1.82) is 0 Å². The van der Waals surface area contributed by atoms with Crippen molar-refractivity contribution in [2.24, 2.45) is 11.8 Å². The molecule has 2 heteroatoms. The molecule has 35 heavy (non-hydrogen) atoms. The lowest BCUT2D eigenvalue weighted by atomic mass is 9.91. The first kappa shape index (κ1) is 34.5. The van der Waals surface area contributed by atoms with Gasteiger partial charge in [0.25, 0.3) is 0 Å².